The Morgan fingerprint density at radius 1 is 1.37 bits per heavy atom. The van der Waals surface area contributed by atoms with Crippen molar-refractivity contribution in [2.24, 2.45) is 5.92 Å². The molecule has 1 aromatic heterocycles. The normalized spacial score (nSPS) is 13.4. The molecule has 0 unspecified atom stereocenters. The maximum atomic E-state index is 12.5. The van der Waals surface area contributed by atoms with Gasteiger partial charge in [-0.15, -0.1) is 0 Å². The van der Waals surface area contributed by atoms with Gasteiger partial charge in [-0.1, -0.05) is 13.8 Å². The van der Waals surface area contributed by atoms with Gasteiger partial charge in [0, 0.05) is 6.54 Å². The predicted molar refractivity (Wildman–Crippen MR) is 69.4 cm³/mol. The highest BCUT2D eigenvalue weighted by Crippen LogP contribution is 2.22. The fourth-order valence-corrected chi connectivity index (χ4v) is 3.97. The molecule has 110 valence electrons. The van der Waals surface area contributed by atoms with Crippen molar-refractivity contribution in [1.29, 1.82) is 0 Å². The third-order valence-corrected chi connectivity index (χ3v) is 5.10. The molecule has 0 spiro atoms. The zero-order chi connectivity index (χ0) is 14.7. The Hall–Kier alpha value is -0.600. The fourth-order valence-electron chi connectivity index (χ4n) is 1.57. The Morgan fingerprint density at radius 3 is 2.42 bits per heavy atom. The topological polar surface area (TPSA) is 37.4 Å². The number of thiophene rings is 1. The van der Waals surface area contributed by atoms with Gasteiger partial charge in [-0.25, -0.2) is 8.42 Å². The molecule has 0 fully saturated rings. The van der Waals surface area contributed by atoms with Crippen LogP contribution in [-0.2, 0) is 16.6 Å². The van der Waals surface area contributed by atoms with Gasteiger partial charge < -0.3 is 0 Å². The predicted octanol–water partition coefficient (Wildman–Crippen LogP) is 3.10. The van der Waals surface area contributed by atoms with Crippen LogP contribution in [0.2, 0.25) is 0 Å². The van der Waals surface area contributed by atoms with Gasteiger partial charge in [0.15, 0.2) is 0 Å². The van der Waals surface area contributed by atoms with E-state index >= 15 is 0 Å². The van der Waals surface area contributed by atoms with E-state index < -0.39 is 22.7 Å². The van der Waals surface area contributed by atoms with Crippen LogP contribution in [-0.4, -0.2) is 31.2 Å². The van der Waals surface area contributed by atoms with Crippen LogP contribution in [0.3, 0.4) is 0 Å². The van der Waals surface area contributed by atoms with E-state index in [-0.39, 0.29) is 18.2 Å². The average Bonchev–Trinajstić information content (AvgIpc) is 2.65. The molecule has 0 N–H and O–H groups in total. The molecular formula is C11H16F3NO2S2. The maximum absolute atomic E-state index is 12.5. The van der Waals surface area contributed by atoms with Crippen molar-refractivity contribution >= 4 is 21.4 Å². The molecule has 0 saturated heterocycles. The van der Waals surface area contributed by atoms with E-state index in [9.17, 15) is 21.6 Å². The molecule has 3 nitrogen and oxygen atoms in total. The number of halogens is 3. The zero-order valence-corrected chi connectivity index (χ0v) is 12.3. The molecule has 0 aromatic carbocycles. The summed E-state index contributed by atoms with van der Waals surface area (Å²) in [4.78, 5) is 0. The van der Waals surface area contributed by atoms with Crippen molar-refractivity contribution in [2.75, 3.05) is 12.3 Å². The van der Waals surface area contributed by atoms with Crippen molar-refractivity contribution in [1.82, 2.24) is 4.31 Å². The summed E-state index contributed by atoms with van der Waals surface area (Å²) in [6.07, 6.45) is -4.54. The van der Waals surface area contributed by atoms with E-state index in [1.54, 1.807) is 30.7 Å². The molecule has 0 bridgehead atoms. The van der Waals surface area contributed by atoms with Crippen molar-refractivity contribution in [3.63, 3.8) is 0 Å². The fraction of sp³-hybridized carbons (Fsp3) is 0.636. The van der Waals surface area contributed by atoms with Crippen LogP contribution in [0.15, 0.2) is 16.8 Å². The van der Waals surface area contributed by atoms with Gasteiger partial charge >= 0.3 is 6.18 Å². The quantitative estimate of drug-likeness (QED) is 0.809. The summed E-state index contributed by atoms with van der Waals surface area (Å²) >= 11 is 1.32. The van der Waals surface area contributed by atoms with Gasteiger partial charge in [0.25, 0.3) is 0 Å². The Balaban J connectivity index is 2.92. The Bertz CT molecular complexity index is 481. The van der Waals surface area contributed by atoms with E-state index in [1.165, 1.54) is 11.3 Å². The lowest BCUT2D eigenvalue weighted by Crippen LogP contribution is -2.40. The largest absolute Gasteiger partial charge is 0.402 e. The molecule has 19 heavy (non-hydrogen) atoms. The number of hydrogen-bond donors (Lipinski definition) is 0. The SMILES string of the molecule is CC(C)CS(=O)(=O)N(Cc1ccsc1)CC(F)(F)F. The molecule has 1 heterocycles. The summed E-state index contributed by atoms with van der Waals surface area (Å²) in [6, 6.07) is 1.62. The van der Waals surface area contributed by atoms with Crippen molar-refractivity contribution in [2.45, 2.75) is 26.6 Å². The summed E-state index contributed by atoms with van der Waals surface area (Å²) in [5.41, 5.74) is 0.571. The summed E-state index contributed by atoms with van der Waals surface area (Å²) in [5.74, 6) is -0.504. The zero-order valence-electron chi connectivity index (χ0n) is 10.6. The molecule has 0 atom stereocenters. The second-order valence-corrected chi connectivity index (χ2v) is 7.48. The number of rotatable bonds is 6. The van der Waals surface area contributed by atoms with Crippen molar-refractivity contribution in [3.8, 4) is 0 Å². The van der Waals surface area contributed by atoms with E-state index in [1.807, 2.05) is 0 Å². The first-order valence-electron chi connectivity index (χ1n) is 5.66. The van der Waals surface area contributed by atoms with Crippen LogP contribution in [0.4, 0.5) is 13.2 Å². The van der Waals surface area contributed by atoms with E-state index in [0.717, 1.165) is 0 Å². The van der Waals surface area contributed by atoms with Gasteiger partial charge in [-0.05, 0) is 28.3 Å². The highest BCUT2D eigenvalue weighted by Gasteiger charge is 2.36. The van der Waals surface area contributed by atoms with E-state index in [2.05, 4.69) is 0 Å². The summed E-state index contributed by atoms with van der Waals surface area (Å²) in [6.45, 7) is 1.64. The average molecular weight is 315 g/mol. The minimum Gasteiger partial charge on any atom is -0.212 e. The number of alkyl halides is 3. The van der Waals surface area contributed by atoms with Crippen LogP contribution in [0.1, 0.15) is 19.4 Å². The third-order valence-electron chi connectivity index (χ3n) is 2.23. The highest BCUT2D eigenvalue weighted by molar-refractivity contribution is 7.89. The Morgan fingerprint density at radius 2 is 2.00 bits per heavy atom. The maximum Gasteiger partial charge on any atom is 0.402 e. The van der Waals surface area contributed by atoms with Crippen LogP contribution in [0, 0.1) is 5.92 Å². The van der Waals surface area contributed by atoms with Crippen LogP contribution < -0.4 is 0 Å². The molecular weight excluding hydrogens is 299 g/mol. The van der Waals surface area contributed by atoms with Gasteiger partial charge in [0.1, 0.15) is 6.54 Å². The lowest BCUT2D eigenvalue weighted by atomic mass is 10.3. The number of sulfonamides is 1. The number of nitrogens with zero attached hydrogens (tertiary/aromatic N) is 1. The standard InChI is InChI=1S/C11H16F3NO2S2/c1-9(2)7-19(16,17)15(8-11(12,13)14)5-10-3-4-18-6-10/h3-4,6,9H,5,7-8H2,1-2H3. The van der Waals surface area contributed by atoms with Crippen LogP contribution >= 0.6 is 11.3 Å². The molecule has 8 heteroatoms. The monoisotopic (exact) mass is 315 g/mol. The molecule has 0 aliphatic carbocycles. The summed E-state index contributed by atoms with van der Waals surface area (Å²) in [5, 5.41) is 3.35. The van der Waals surface area contributed by atoms with Gasteiger partial charge in [-0.3, -0.25) is 0 Å². The molecule has 0 radical (unpaired) electrons. The van der Waals surface area contributed by atoms with E-state index in [0.29, 0.717) is 9.87 Å². The molecule has 0 amide bonds. The smallest absolute Gasteiger partial charge is 0.212 e. The number of hydrogen-bond acceptors (Lipinski definition) is 3. The first-order valence-corrected chi connectivity index (χ1v) is 8.21. The third kappa shape index (κ3) is 5.92. The summed E-state index contributed by atoms with van der Waals surface area (Å²) in [7, 11) is -3.91. The Labute approximate surface area is 115 Å². The van der Waals surface area contributed by atoms with Crippen molar-refractivity contribution in [3.05, 3.63) is 22.4 Å². The highest BCUT2D eigenvalue weighted by atomic mass is 32.2. The minimum atomic E-state index is -4.54. The molecule has 1 rings (SSSR count). The lowest BCUT2D eigenvalue weighted by Gasteiger charge is -2.24. The van der Waals surface area contributed by atoms with Gasteiger partial charge in [0.05, 0.1) is 5.75 Å². The van der Waals surface area contributed by atoms with Crippen LogP contribution in [0.25, 0.3) is 0 Å². The minimum absolute atomic E-state index is 0.219. The second-order valence-electron chi connectivity index (χ2n) is 4.69. The molecule has 0 aliphatic heterocycles. The first kappa shape index (κ1) is 16.5. The lowest BCUT2D eigenvalue weighted by molar-refractivity contribution is -0.136. The molecule has 1 aromatic rings. The van der Waals surface area contributed by atoms with Crippen molar-refractivity contribution < 1.29 is 21.6 Å². The first-order chi connectivity index (χ1) is 8.60. The van der Waals surface area contributed by atoms with E-state index in [4.69, 9.17) is 0 Å². The van der Waals surface area contributed by atoms with Crippen LogP contribution in [0.5, 0.6) is 0 Å². The molecule has 0 aliphatic rings. The Kier molecular flexibility index (Phi) is 5.40. The van der Waals surface area contributed by atoms with Gasteiger partial charge in [0.2, 0.25) is 10.0 Å². The summed E-state index contributed by atoms with van der Waals surface area (Å²) < 4.78 is 62.0. The second kappa shape index (κ2) is 6.23. The van der Waals surface area contributed by atoms with Gasteiger partial charge in [-0.2, -0.15) is 28.8 Å². The molecule has 0 saturated carbocycles.